The molecular formula is C31H48N6O5S. The van der Waals surface area contributed by atoms with Crippen molar-refractivity contribution in [2.45, 2.75) is 89.7 Å². The molecule has 0 radical (unpaired) electrons. The van der Waals surface area contributed by atoms with E-state index in [0.29, 0.717) is 51.4 Å². The second-order valence-corrected chi connectivity index (χ2v) is 14.5. The number of sulfonamides is 1. The van der Waals surface area contributed by atoms with E-state index >= 15 is 0 Å². The first-order valence-electron chi connectivity index (χ1n) is 15.4. The van der Waals surface area contributed by atoms with Gasteiger partial charge in [0.1, 0.15) is 11.6 Å². The molecule has 238 valence electrons. The van der Waals surface area contributed by atoms with Crippen LogP contribution in [0.5, 0.6) is 0 Å². The molecule has 1 aromatic heterocycles. The molecule has 2 fully saturated rings. The van der Waals surface area contributed by atoms with Crippen LogP contribution >= 0.6 is 0 Å². The number of likely N-dealkylation sites (N-methyl/N-ethyl adjacent to an activating group) is 1. The van der Waals surface area contributed by atoms with Crippen molar-refractivity contribution in [1.29, 1.82) is 0 Å². The number of carbonyl (C=O) groups is 2. The molecule has 2 amide bonds. The average molecular weight is 617 g/mol. The molecule has 2 saturated heterocycles. The lowest BCUT2D eigenvalue weighted by Gasteiger charge is -2.52. The molecule has 2 aromatic rings. The first-order valence-corrected chi connectivity index (χ1v) is 16.9. The van der Waals surface area contributed by atoms with E-state index in [4.69, 9.17) is 10.2 Å². The minimum atomic E-state index is -3.69. The zero-order valence-electron chi connectivity index (χ0n) is 26.5. The minimum Gasteiger partial charge on any atom is -0.395 e. The third kappa shape index (κ3) is 6.67. The summed E-state index contributed by atoms with van der Waals surface area (Å²) in [7, 11) is -2.24. The van der Waals surface area contributed by atoms with Gasteiger partial charge in [0.2, 0.25) is 21.8 Å². The van der Waals surface area contributed by atoms with E-state index in [2.05, 4.69) is 31.0 Å². The third-order valence-corrected chi connectivity index (χ3v) is 10.8. The number of aromatic nitrogens is 2. The van der Waals surface area contributed by atoms with Gasteiger partial charge in [0.25, 0.3) is 0 Å². The number of aryl methyl sites for hydroxylation is 1. The molecule has 2 N–H and O–H groups in total. The Kier molecular flexibility index (Phi) is 10.4. The van der Waals surface area contributed by atoms with Crippen molar-refractivity contribution in [1.82, 2.24) is 29.2 Å². The van der Waals surface area contributed by atoms with E-state index in [9.17, 15) is 18.0 Å². The zero-order chi connectivity index (χ0) is 31.5. The lowest BCUT2D eigenvalue weighted by atomic mass is 9.80. The molecule has 1 atom stereocenters. The molecule has 12 heteroatoms. The van der Waals surface area contributed by atoms with Crippen molar-refractivity contribution >= 4 is 21.8 Å². The Morgan fingerprint density at radius 1 is 1.14 bits per heavy atom. The van der Waals surface area contributed by atoms with Crippen LogP contribution in [0.2, 0.25) is 0 Å². The maximum Gasteiger partial charge on any atom is 0.246 e. The number of nitrogens with one attached hydrogen (secondary N) is 1. The number of nitrogens with zero attached hydrogens (tertiary/aromatic N) is 5. The number of hydrogen-bond donors (Lipinski definition) is 2. The summed E-state index contributed by atoms with van der Waals surface area (Å²) in [5.74, 6) is 0.360. The molecule has 3 heterocycles. The summed E-state index contributed by atoms with van der Waals surface area (Å²) in [6.07, 6.45) is 3.68. The Balaban J connectivity index is 1.48. The fourth-order valence-corrected chi connectivity index (χ4v) is 7.47. The summed E-state index contributed by atoms with van der Waals surface area (Å²) in [6.45, 7) is 12.7. The zero-order valence-corrected chi connectivity index (χ0v) is 27.3. The molecule has 1 spiro atoms. The maximum absolute atomic E-state index is 13.6. The van der Waals surface area contributed by atoms with E-state index in [1.165, 1.54) is 7.05 Å². The van der Waals surface area contributed by atoms with E-state index in [1.54, 1.807) is 24.3 Å². The Morgan fingerprint density at radius 2 is 1.79 bits per heavy atom. The second kappa shape index (κ2) is 13.5. The number of benzene rings is 1. The van der Waals surface area contributed by atoms with Crippen molar-refractivity contribution in [3.05, 3.63) is 41.2 Å². The summed E-state index contributed by atoms with van der Waals surface area (Å²) in [5, 5.41) is 17.0. The molecular weight excluding hydrogens is 568 g/mol. The van der Waals surface area contributed by atoms with Gasteiger partial charge in [-0.15, -0.1) is 0 Å². The van der Waals surface area contributed by atoms with Gasteiger partial charge in [0.15, 0.2) is 0 Å². The molecule has 2 aliphatic rings. The van der Waals surface area contributed by atoms with E-state index in [0.717, 1.165) is 39.8 Å². The number of likely N-dealkylation sites (tertiary alicyclic amines) is 1. The quantitative estimate of drug-likeness (QED) is 0.375. The summed E-state index contributed by atoms with van der Waals surface area (Å²) in [5.41, 5.74) is 2.92. The predicted molar refractivity (Wildman–Crippen MR) is 165 cm³/mol. The lowest BCUT2D eigenvalue weighted by Crippen LogP contribution is -2.73. The highest BCUT2D eigenvalue weighted by atomic mass is 32.2. The number of aliphatic hydroxyl groups excluding tert-OH is 1. The predicted octanol–water partition coefficient (Wildman–Crippen LogP) is 2.61. The minimum absolute atomic E-state index is 0.0123. The van der Waals surface area contributed by atoms with Crippen LogP contribution in [0.15, 0.2) is 29.2 Å². The van der Waals surface area contributed by atoms with Gasteiger partial charge in [-0.2, -0.15) is 9.40 Å². The van der Waals surface area contributed by atoms with Gasteiger partial charge in [-0.25, -0.2) is 13.1 Å². The number of rotatable bonds is 12. The SMILES string of the molecule is CCCCN1C(=O)C(CC(C)C)NC(=O)C12CCN(Cc1c(C)nn(-c3ccc(S(=O)(=O)N(C)CCO)cc3)c1C)CC2. The van der Waals surface area contributed by atoms with Gasteiger partial charge in [0.05, 0.1) is 22.9 Å². The summed E-state index contributed by atoms with van der Waals surface area (Å²) < 4.78 is 28.4. The Hall–Kier alpha value is -2.80. The molecule has 43 heavy (non-hydrogen) atoms. The van der Waals surface area contributed by atoms with Gasteiger partial charge in [-0.1, -0.05) is 27.2 Å². The average Bonchev–Trinajstić information content (AvgIpc) is 3.25. The first kappa shape index (κ1) is 33.1. The second-order valence-electron chi connectivity index (χ2n) is 12.4. The molecule has 0 aliphatic carbocycles. The Labute approximate surface area is 256 Å². The highest BCUT2D eigenvalue weighted by Gasteiger charge is 2.53. The van der Waals surface area contributed by atoms with Gasteiger partial charge in [-0.3, -0.25) is 14.5 Å². The smallest absolute Gasteiger partial charge is 0.246 e. The number of hydrogen-bond acceptors (Lipinski definition) is 7. The van der Waals surface area contributed by atoms with Crippen molar-refractivity contribution in [2.24, 2.45) is 5.92 Å². The fourth-order valence-electron chi connectivity index (χ4n) is 6.30. The number of unbranched alkanes of at least 4 members (excludes halogenated alkanes) is 1. The lowest BCUT2D eigenvalue weighted by molar-refractivity contribution is -0.161. The molecule has 4 rings (SSSR count). The highest BCUT2D eigenvalue weighted by molar-refractivity contribution is 7.89. The van der Waals surface area contributed by atoms with Crippen molar-refractivity contribution in [2.75, 3.05) is 39.8 Å². The van der Waals surface area contributed by atoms with Gasteiger partial charge in [0, 0.05) is 51.0 Å². The molecule has 2 aliphatic heterocycles. The Morgan fingerprint density at radius 3 is 2.37 bits per heavy atom. The van der Waals surface area contributed by atoms with E-state index in [1.807, 2.05) is 23.4 Å². The van der Waals surface area contributed by atoms with Crippen molar-refractivity contribution < 1.29 is 23.1 Å². The normalized spacial score (nSPS) is 19.6. The highest BCUT2D eigenvalue weighted by Crippen LogP contribution is 2.35. The van der Waals surface area contributed by atoms with Gasteiger partial charge >= 0.3 is 0 Å². The van der Waals surface area contributed by atoms with Crippen LogP contribution < -0.4 is 5.32 Å². The third-order valence-electron chi connectivity index (χ3n) is 8.96. The van der Waals surface area contributed by atoms with Crippen LogP contribution in [-0.4, -0.2) is 101 Å². The van der Waals surface area contributed by atoms with Crippen LogP contribution in [0.4, 0.5) is 0 Å². The van der Waals surface area contributed by atoms with Crippen LogP contribution in [0, 0.1) is 19.8 Å². The van der Waals surface area contributed by atoms with Crippen molar-refractivity contribution in [3.63, 3.8) is 0 Å². The standard InChI is InChI=1S/C31H48N6O5S/c1-7-8-15-36-29(39)28(20-22(2)3)32-30(40)31(36)13-16-35(17-14-31)21-27-23(4)33-37(24(27)5)25-9-11-26(12-10-25)43(41,42)34(6)18-19-38/h9-12,22,28,38H,7-8,13-21H2,1-6H3,(H,32,40). The van der Waals surface area contributed by atoms with E-state index in [-0.39, 0.29) is 29.9 Å². The molecule has 1 unspecified atom stereocenters. The molecule has 11 nitrogen and oxygen atoms in total. The fraction of sp³-hybridized carbons (Fsp3) is 0.645. The number of carbonyl (C=O) groups excluding carboxylic acids is 2. The van der Waals surface area contributed by atoms with Crippen molar-refractivity contribution in [3.8, 4) is 5.69 Å². The monoisotopic (exact) mass is 616 g/mol. The molecule has 1 aromatic carbocycles. The number of piperazine rings is 1. The summed E-state index contributed by atoms with van der Waals surface area (Å²) >= 11 is 0. The van der Waals surface area contributed by atoms with Crippen LogP contribution in [-0.2, 0) is 26.2 Å². The first-order chi connectivity index (χ1) is 20.3. The topological polar surface area (TPSA) is 128 Å². The van der Waals surface area contributed by atoms with Crippen LogP contribution in [0.25, 0.3) is 5.69 Å². The number of aliphatic hydroxyl groups is 1. The summed E-state index contributed by atoms with van der Waals surface area (Å²) in [6, 6.07) is 6.16. The van der Waals surface area contributed by atoms with Gasteiger partial charge < -0.3 is 15.3 Å². The van der Waals surface area contributed by atoms with Crippen LogP contribution in [0.3, 0.4) is 0 Å². The largest absolute Gasteiger partial charge is 0.395 e. The number of amides is 2. The molecule has 0 bridgehead atoms. The summed E-state index contributed by atoms with van der Waals surface area (Å²) in [4.78, 5) is 31.5. The number of piperidine rings is 1. The van der Waals surface area contributed by atoms with E-state index < -0.39 is 21.6 Å². The van der Waals surface area contributed by atoms with Gasteiger partial charge in [-0.05, 0) is 69.7 Å². The van der Waals surface area contributed by atoms with Crippen LogP contribution in [0.1, 0.15) is 69.8 Å². The Bertz CT molecular complexity index is 1400. The molecule has 0 saturated carbocycles. The maximum atomic E-state index is 13.6.